The van der Waals surface area contributed by atoms with E-state index in [0.717, 1.165) is 0 Å². The highest BCUT2D eigenvalue weighted by molar-refractivity contribution is 6.06. The zero-order valence-electron chi connectivity index (χ0n) is 13.9. The Labute approximate surface area is 134 Å². The highest BCUT2D eigenvalue weighted by Crippen LogP contribution is 2.24. The van der Waals surface area contributed by atoms with Gasteiger partial charge in [0.25, 0.3) is 5.91 Å². The molecule has 1 amide bonds. The van der Waals surface area contributed by atoms with E-state index in [1.54, 1.807) is 25.3 Å². The summed E-state index contributed by atoms with van der Waals surface area (Å²) in [6, 6.07) is 4.49. The second-order valence-corrected chi connectivity index (χ2v) is 6.28. The second-order valence-electron chi connectivity index (χ2n) is 6.28. The Balaban J connectivity index is 2.34. The van der Waals surface area contributed by atoms with E-state index in [-0.39, 0.29) is 5.69 Å². The Morgan fingerprint density at radius 2 is 1.96 bits per heavy atom. The molecule has 0 spiro atoms. The van der Waals surface area contributed by atoms with Crippen molar-refractivity contribution < 1.29 is 19.1 Å². The van der Waals surface area contributed by atoms with Gasteiger partial charge in [-0.25, -0.2) is 4.79 Å². The topological polar surface area (TPSA) is 93.3 Å². The number of rotatable bonds is 4. The van der Waals surface area contributed by atoms with Crippen molar-refractivity contribution in [2.24, 2.45) is 5.41 Å². The van der Waals surface area contributed by atoms with Crippen LogP contribution in [-0.2, 0) is 9.53 Å². The van der Waals surface area contributed by atoms with Gasteiger partial charge in [-0.15, -0.1) is 0 Å². The zero-order chi connectivity index (χ0) is 17.2. The number of amides is 1. The Morgan fingerprint density at radius 3 is 2.52 bits per heavy atom. The second kappa shape index (κ2) is 6.28. The van der Waals surface area contributed by atoms with E-state index in [1.807, 2.05) is 20.8 Å². The van der Waals surface area contributed by atoms with E-state index >= 15 is 0 Å². The molecular weight excluding hydrogens is 298 g/mol. The first-order valence-corrected chi connectivity index (χ1v) is 7.18. The number of fused-ring (bicyclic) bond motifs is 1. The third-order valence-electron chi connectivity index (χ3n) is 3.56. The zero-order valence-corrected chi connectivity index (χ0v) is 13.9. The van der Waals surface area contributed by atoms with Gasteiger partial charge in [0.05, 0.1) is 19.7 Å². The van der Waals surface area contributed by atoms with Gasteiger partial charge in [-0.3, -0.25) is 9.89 Å². The van der Waals surface area contributed by atoms with Crippen LogP contribution in [0.3, 0.4) is 0 Å². The number of esters is 1. The van der Waals surface area contributed by atoms with Crippen molar-refractivity contribution in [3.63, 3.8) is 0 Å². The van der Waals surface area contributed by atoms with Crippen molar-refractivity contribution in [1.29, 1.82) is 0 Å². The summed E-state index contributed by atoms with van der Waals surface area (Å²) < 4.78 is 9.95. The molecule has 2 aromatic rings. The standard InChI is InChI=1S/C16H21N3O4/c1-16(2,3)13(15(21)23-5)17-14(20)12-10-8-9(22-4)6-7-11(10)18-19-12/h6-8,13H,1-5H3,(H,17,20)(H,18,19)/t13-/m1/s1. The number of carbonyl (C=O) groups excluding carboxylic acids is 2. The normalized spacial score (nSPS) is 12.7. The minimum Gasteiger partial charge on any atom is -0.497 e. The Kier molecular flexibility index (Phi) is 4.58. The Bertz CT molecular complexity index is 730. The van der Waals surface area contributed by atoms with Gasteiger partial charge < -0.3 is 14.8 Å². The number of ether oxygens (including phenoxy) is 2. The number of methoxy groups -OCH3 is 2. The lowest BCUT2D eigenvalue weighted by atomic mass is 9.86. The number of aromatic nitrogens is 2. The van der Waals surface area contributed by atoms with E-state index in [2.05, 4.69) is 15.5 Å². The summed E-state index contributed by atoms with van der Waals surface area (Å²) in [6.45, 7) is 5.54. The Hall–Kier alpha value is -2.57. The number of hydrogen-bond donors (Lipinski definition) is 2. The first kappa shape index (κ1) is 16.8. The van der Waals surface area contributed by atoms with E-state index < -0.39 is 23.3 Å². The summed E-state index contributed by atoms with van der Waals surface area (Å²) in [5.74, 6) is -0.327. The quantitative estimate of drug-likeness (QED) is 0.839. The van der Waals surface area contributed by atoms with Crippen LogP contribution in [0.5, 0.6) is 5.75 Å². The molecule has 0 aliphatic rings. The molecule has 23 heavy (non-hydrogen) atoms. The van der Waals surface area contributed by atoms with Gasteiger partial charge in [0.2, 0.25) is 0 Å². The fraction of sp³-hybridized carbons (Fsp3) is 0.438. The van der Waals surface area contributed by atoms with Crippen molar-refractivity contribution in [2.45, 2.75) is 26.8 Å². The lowest BCUT2D eigenvalue weighted by Gasteiger charge is -2.28. The van der Waals surface area contributed by atoms with E-state index in [9.17, 15) is 9.59 Å². The number of hydrogen-bond acceptors (Lipinski definition) is 5. The number of benzene rings is 1. The van der Waals surface area contributed by atoms with Gasteiger partial charge in [0, 0.05) is 5.39 Å². The molecule has 1 heterocycles. The summed E-state index contributed by atoms with van der Waals surface area (Å²) in [7, 11) is 2.84. The largest absolute Gasteiger partial charge is 0.497 e. The van der Waals surface area contributed by atoms with Crippen molar-refractivity contribution >= 4 is 22.8 Å². The van der Waals surface area contributed by atoms with Crippen LogP contribution >= 0.6 is 0 Å². The molecule has 124 valence electrons. The van der Waals surface area contributed by atoms with E-state index in [0.29, 0.717) is 16.7 Å². The number of nitrogens with zero attached hydrogens (tertiary/aromatic N) is 1. The molecule has 0 radical (unpaired) electrons. The average Bonchev–Trinajstić information content (AvgIpc) is 2.93. The van der Waals surface area contributed by atoms with Crippen LogP contribution < -0.4 is 10.1 Å². The van der Waals surface area contributed by atoms with Crippen LogP contribution in [0.25, 0.3) is 10.9 Å². The molecule has 0 saturated heterocycles. The SMILES string of the molecule is COC(=O)[C@@H](NC(=O)c1n[nH]c2ccc(OC)cc12)C(C)(C)C. The van der Waals surface area contributed by atoms with Crippen molar-refractivity contribution in [3.8, 4) is 5.75 Å². The molecular formula is C16H21N3O4. The number of aromatic amines is 1. The van der Waals surface area contributed by atoms with Crippen LogP contribution in [0.15, 0.2) is 18.2 Å². The summed E-state index contributed by atoms with van der Waals surface area (Å²) in [5, 5.41) is 10.2. The predicted molar refractivity (Wildman–Crippen MR) is 85.4 cm³/mol. The van der Waals surface area contributed by atoms with Gasteiger partial charge >= 0.3 is 5.97 Å². The minimum atomic E-state index is -0.780. The highest BCUT2D eigenvalue weighted by atomic mass is 16.5. The van der Waals surface area contributed by atoms with Crippen LogP contribution in [0.2, 0.25) is 0 Å². The molecule has 7 nitrogen and oxygen atoms in total. The molecule has 7 heteroatoms. The van der Waals surface area contributed by atoms with Crippen molar-refractivity contribution in [2.75, 3.05) is 14.2 Å². The van der Waals surface area contributed by atoms with E-state index in [4.69, 9.17) is 9.47 Å². The molecule has 0 fully saturated rings. The van der Waals surface area contributed by atoms with Crippen LogP contribution in [0, 0.1) is 5.41 Å². The first-order valence-electron chi connectivity index (χ1n) is 7.18. The van der Waals surface area contributed by atoms with Crippen molar-refractivity contribution in [3.05, 3.63) is 23.9 Å². The predicted octanol–water partition coefficient (Wildman–Crippen LogP) is 1.89. The maximum atomic E-state index is 12.6. The maximum absolute atomic E-state index is 12.6. The van der Waals surface area contributed by atoms with Gasteiger partial charge in [-0.05, 0) is 23.6 Å². The molecule has 1 atom stereocenters. The smallest absolute Gasteiger partial charge is 0.328 e. The lowest BCUT2D eigenvalue weighted by molar-refractivity contribution is -0.145. The minimum absolute atomic E-state index is 0.206. The summed E-state index contributed by atoms with van der Waals surface area (Å²) in [6.07, 6.45) is 0. The summed E-state index contributed by atoms with van der Waals surface area (Å²) >= 11 is 0. The number of nitrogens with one attached hydrogen (secondary N) is 2. The van der Waals surface area contributed by atoms with Crippen LogP contribution in [-0.4, -0.2) is 42.3 Å². The summed E-state index contributed by atoms with van der Waals surface area (Å²) in [4.78, 5) is 24.5. The van der Waals surface area contributed by atoms with Crippen LogP contribution in [0.1, 0.15) is 31.3 Å². The summed E-state index contributed by atoms with van der Waals surface area (Å²) in [5.41, 5.74) is 0.422. The van der Waals surface area contributed by atoms with Gasteiger partial charge in [0.15, 0.2) is 5.69 Å². The lowest BCUT2D eigenvalue weighted by Crippen LogP contribution is -2.49. The number of H-pyrrole nitrogens is 1. The molecule has 1 aromatic heterocycles. The van der Waals surface area contributed by atoms with Gasteiger partial charge in [-0.2, -0.15) is 5.10 Å². The van der Waals surface area contributed by atoms with Crippen LogP contribution in [0.4, 0.5) is 0 Å². The number of carbonyl (C=O) groups is 2. The van der Waals surface area contributed by atoms with Gasteiger partial charge in [0.1, 0.15) is 11.8 Å². The molecule has 0 bridgehead atoms. The fourth-order valence-electron chi connectivity index (χ4n) is 2.24. The van der Waals surface area contributed by atoms with E-state index in [1.165, 1.54) is 7.11 Å². The Morgan fingerprint density at radius 1 is 1.26 bits per heavy atom. The van der Waals surface area contributed by atoms with Crippen molar-refractivity contribution in [1.82, 2.24) is 15.5 Å². The molecule has 0 aliphatic carbocycles. The fourth-order valence-corrected chi connectivity index (χ4v) is 2.24. The molecule has 0 unspecified atom stereocenters. The highest BCUT2D eigenvalue weighted by Gasteiger charge is 2.34. The molecule has 2 rings (SSSR count). The molecule has 0 aliphatic heterocycles. The molecule has 2 N–H and O–H groups in total. The average molecular weight is 319 g/mol. The third kappa shape index (κ3) is 3.44. The van der Waals surface area contributed by atoms with Gasteiger partial charge in [-0.1, -0.05) is 20.8 Å². The first-order chi connectivity index (χ1) is 10.8. The third-order valence-corrected chi connectivity index (χ3v) is 3.56. The monoisotopic (exact) mass is 319 g/mol. The molecule has 1 aromatic carbocycles. The maximum Gasteiger partial charge on any atom is 0.328 e. The molecule has 0 saturated carbocycles.